The number of hydrogen-bond donors (Lipinski definition) is 0. The lowest BCUT2D eigenvalue weighted by atomic mass is 9.39. The average molecular weight is 407 g/mol. The number of benzene rings is 3. The first-order chi connectivity index (χ1) is 15.2. The Balaban J connectivity index is 1.47. The third-order valence-electron chi connectivity index (χ3n) is 10.1. The van der Waals surface area contributed by atoms with Crippen molar-refractivity contribution in [2.45, 2.75) is 69.6 Å². The molecule has 1 unspecified atom stereocenters. The van der Waals surface area contributed by atoms with E-state index in [4.69, 9.17) is 0 Å². The zero-order chi connectivity index (χ0) is 20.6. The molecule has 0 N–H and O–H groups in total. The Labute approximate surface area is 186 Å². The second kappa shape index (κ2) is 6.47. The molecule has 4 fully saturated rings. The maximum Gasteiger partial charge on any atom is 0.00470 e. The molecule has 4 bridgehead atoms. The summed E-state index contributed by atoms with van der Waals surface area (Å²) in [6.45, 7) is 4.30. The number of allylic oxidation sites excluding steroid dienone is 1. The fourth-order valence-electron chi connectivity index (χ4n) is 9.49. The van der Waals surface area contributed by atoms with Crippen LogP contribution in [-0.2, 0) is 11.8 Å². The Kier molecular flexibility index (Phi) is 3.86. The van der Waals surface area contributed by atoms with Gasteiger partial charge in [-0.2, -0.15) is 0 Å². The van der Waals surface area contributed by atoms with E-state index >= 15 is 0 Å². The van der Waals surface area contributed by atoms with E-state index in [0.717, 1.165) is 17.8 Å². The molecular weight excluding hydrogens is 372 g/mol. The standard InChI is InChI=1S/C31H34/c1-2-13-31(30-18-21-15-22(19-30)17-23(16-21)20-30)14-5-8-28-27-10-9-24-6-3-4-7-25(24)26(27)11-12-29(28)31/h2-4,6-7,9-12,21-23H,1,5,8,13-20H2. The lowest BCUT2D eigenvalue weighted by Crippen LogP contribution is -2.57. The number of fused-ring (bicyclic) bond motifs is 5. The van der Waals surface area contributed by atoms with Crippen molar-refractivity contribution in [3.05, 3.63) is 72.3 Å². The molecule has 3 aromatic carbocycles. The van der Waals surface area contributed by atoms with Crippen molar-refractivity contribution in [3.8, 4) is 0 Å². The average Bonchev–Trinajstić information content (AvgIpc) is 2.78. The molecule has 4 saturated carbocycles. The van der Waals surface area contributed by atoms with Crippen LogP contribution >= 0.6 is 0 Å². The molecule has 0 saturated heterocycles. The molecule has 0 heterocycles. The van der Waals surface area contributed by atoms with Gasteiger partial charge in [-0.15, -0.1) is 6.58 Å². The molecule has 0 aromatic heterocycles. The van der Waals surface area contributed by atoms with Crippen molar-refractivity contribution >= 4 is 21.5 Å². The van der Waals surface area contributed by atoms with Gasteiger partial charge in [0.1, 0.15) is 0 Å². The smallest absolute Gasteiger partial charge is 0.00470 e. The zero-order valence-corrected chi connectivity index (χ0v) is 18.7. The van der Waals surface area contributed by atoms with Crippen molar-refractivity contribution in [2.75, 3.05) is 0 Å². The second-order valence-corrected chi connectivity index (χ2v) is 11.6. The Morgan fingerprint density at radius 1 is 0.806 bits per heavy atom. The van der Waals surface area contributed by atoms with E-state index in [9.17, 15) is 0 Å². The van der Waals surface area contributed by atoms with E-state index in [2.05, 4.69) is 61.2 Å². The van der Waals surface area contributed by atoms with Gasteiger partial charge in [-0.25, -0.2) is 0 Å². The van der Waals surface area contributed by atoms with Crippen LogP contribution in [0.1, 0.15) is 68.9 Å². The van der Waals surface area contributed by atoms with Gasteiger partial charge in [0, 0.05) is 5.41 Å². The maximum absolute atomic E-state index is 4.30. The SMILES string of the molecule is C=CCC1(C23CC4CC(CC(C4)C2)C3)CCCc2c1ccc1c2ccc2ccccc21. The van der Waals surface area contributed by atoms with Crippen LogP contribution in [0.2, 0.25) is 0 Å². The van der Waals surface area contributed by atoms with Crippen molar-refractivity contribution in [3.63, 3.8) is 0 Å². The first kappa shape index (κ1) is 18.5. The van der Waals surface area contributed by atoms with E-state index in [-0.39, 0.29) is 0 Å². The van der Waals surface area contributed by atoms with Crippen LogP contribution in [0, 0.1) is 23.2 Å². The third-order valence-corrected chi connectivity index (χ3v) is 10.1. The van der Waals surface area contributed by atoms with Crippen molar-refractivity contribution in [1.29, 1.82) is 0 Å². The van der Waals surface area contributed by atoms with Gasteiger partial charge in [-0.3, -0.25) is 0 Å². The normalized spacial score (nSPS) is 36.1. The van der Waals surface area contributed by atoms with E-state index in [1.54, 1.807) is 11.1 Å². The number of hydrogen-bond acceptors (Lipinski definition) is 0. The molecular formula is C31H34. The molecule has 0 nitrogen and oxygen atoms in total. The summed E-state index contributed by atoms with van der Waals surface area (Å²) in [5, 5.41) is 5.76. The molecule has 8 rings (SSSR count). The summed E-state index contributed by atoms with van der Waals surface area (Å²) in [5.41, 5.74) is 4.23. The largest absolute Gasteiger partial charge is 0.103 e. The van der Waals surface area contributed by atoms with Crippen molar-refractivity contribution in [1.82, 2.24) is 0 Å². The summed E-state index contributed by atoms with van der Waals surface area (Å²) in [5.74, 6) is 3.01. The molecule has 0 amide bonds. The van der Waals surface area contributed by atoms with Gasteiger partial charge in [0.05, 0.1) is 0 Å². The van der Waals surface area contributed by atoms with Crippen molar-refractivity contribution in [2.24, 2.45) is 23.2 Å². The predicted molar refractivity (Wildman–Crippen MR) is 131 cm³/mol. The molecule has 5 aliphatic carbocycles. The molecule has 5 aliphatic rings. The van der Waals surface area contributed by atoms with Gasteiger partial charge in [-0.1, -0.05) is 54.6 Å². The second-order valence-electron chi connectivity index (χ2n) is 11.6. The van der Waals surface area contributed by atoms with E-state index in [1.165, 1.54) is 85.8 Å². The van der Waals surface area contributed by atoms with Gasteiger partial charge in [0.25, 0.3) is 0 Å². The van der Waals surface area contributed by atoms with Gasteiger partial charge >= 0.3 is 0 Å². The lowest BCUT2D eigenvalue weighted by molar-refractivity contribution is -0.105. The van der Waals surface area contributed by atoms with Gasteiger partial charge < -0.3 is 0 Å². The molecule has 0 radical (unpaired) electrons. The Morgan fingerprint density at radius 2 is 1.52 bits per heavy atom. The summed E-state index contributed by atoms with van der Waals surface area (Å²) in [6, 6.07) is 18.8. The fraction of sp³-hybridized carbons (Fsp3) is 0.484. The summed E-state index contributed by atoms with van der Waals surface area (Å²) < 4.78 is 0. The molecule has 31 heavy (non-hydrogen) atoms. The summed E-state index contributed by atoms with van der Waals surface area (Å²) in [4.78, 5) is 0. The molecule has 158 valence electrons. The first-order valence-corrected chi connectivity index (χ1v) is 12.8. The van der Waals surface area contributed by atoms with Crippen LogP contribution in [0.5, 0.6) is 0 Å². The van der Waals surface area contributed by atoms with Crippen LogP contribution in [0.3, 0.4) is 0 Å². The maximum atomic E-state index is 4.30. The highest BCUT2D eigenvalue weighted by molar-refractivity contribution is 6.08. The minimum Gasteiger partial charge on any atom is -0.103 e. The molecule has 0 heteroatoms. The highest BCUT2D eigenvalue weighted by atomic mass is 14.6. The van der Waals surface area contributed by atoms with Crippen LogP contribution in [-0.4, -0.2) is 0 Å². The summed E-state index contributed by atoms with van der Waals surface area (Å²) in [7, 11) is 0. The highest BCUT2D eigenvalue weighted by Gasteiger charge is 2.60. The monoisotopic (exact) mass is 406 g/mol. The Hall–Kier alpha value is -2.08. The molecule has 1 atom stereocenters. The predicted octanol–water partition coefficient (Wildman–Crippen LogP) is 8.36. The quantitative estimate of drug-likeness (QED) is 0.303. The van der Waals surface area contributed by atoms with Crippen LogP contribution < -0.4 is 0 Å². The summed E-state index contributed by atoms with van der Waals surface area (Å²) >= 11 is 0. The van der Waals surface area contributed by atoms with E-state index in [1.807, 2.05) is 0 Å². The summed E-state index contributed by atoms with van der Waals surface area (Å²) in [6.07, 6.45) is 16.5. The fourth-order valence-corrected chi connectivity index (χ4v) is 9.49. The highest BCUT2D eigenvalue weighted by Crippen LogP contribution is 2.69. The Morgan fingerprint density at radius 3 is 2.26 bits per heavy atom. The van der Waals surface area contributed by atoms with E-state index in [0.29, 0.717) is 10.8 Å². The molecule has 0 spiro atoms. The molecule has 0 aliphatic heterocycles. The molecule has 3 aromatic rings. The first-order valence-electron chi connectivity index (χ1n) is 12.8. The number of rotatable bonds is 3. The lowest BCUT2D eigenvalue weighted by Gasteiger charge is -2.65. The van der Waals surface area contributed by atoms with Crippen LogP contribution in [0.25, 0.3) is 21.5 Å². The van der Waals surface area contributed by atoms with Crippen LogP contribution in [0.15, 0.2) is 61.2 Å². The van der Waals surface area contributed by atoms with Gasteiger partial charge in [0.15, 0.2) is 0 Å². The Bertz CT molecular complexity index is 1160. The number of aryl methyl sites for hydroxylation is 1. The van der Waals surface area contributed by atoms with Crippen LogP contribution in [0.4, 0.5) is 0 Å². The third kappa shape index (κ3) is 2.43. The minimum atomic E-state index is 0.318. The van der Waals surface area contributed by atoms with E-state index < -0.39 is 0 Å². The zero-order valence-electron chi connectivity index (χ0n) is 18.7. The minimum absolute atomic E-state index is 0.318. The van der Waals surface area contributed by atoms with Gasteiger partial charge in [-0.05, 0) is 120 Å². The van der Waals surface area contributed by atoms with Gasteiger partial charge in [0.2, 0.25) is 0 Å². The topological polar surface area (TPSA) is 0 Å². The van der Waals surface area contributed by atoms with Crippen molar-refractivity contribution < 1.29 is 0 Å².